The molecule has 0 aromatic carbocycles. The summed E-state index contributed by atoms with van der Waals surface area (Å²) in [4.78, 5) is 7.63. The molecule has 0 amide bonds. The van der Waals surface area contributed by atoms with E-state index in [1.807, 2.05) is 0 Å². The second-order valence-corrected chi connectivity index (χ2v) is 2.08. The summed E-state index contributed by atoms with van der Waals surface area (Å²) in [6.07, 6.45) is 1.60. The minimum absolute atomic E-state index is 0.453. The normalized spacial score (nSPS) is 11.5. The smallest absolute Gasteiger partial charge is 0.125 e. The van der Waals surface area contributed by atoms with Gasteiger partial charge in [-0.1, -0.05) is 0 Å². The van der Waals surface area contributed by atoms with Crippen LogP contribution < -0.4 is 11.5 Å². The van der Waals surface area contributed by atoms with Crippen LogP contribution in [0, 0.1) is 0 Å². The molecular formula is C7H10N4. The molecule has 0 radical (unpaired) electrons. The van der Waals surface area contributed by atoms with Gasteiger partial charge in [0.25, 0.3) is 0 Å². The summed E-state index contributed by atoms with van der Waals surface area (Å²) in [6, 6.07) is 3.45. The van der Waals surface area contributed by atoms with Crippen molar-refractivity contribution in [1.29, 1.82) is 0 Å². The van der Waals surface area contributed by atoms with Gasteiger partial charge < -0.3 is 11.5 Å². The molecule has 1 aromatic rings. The first-order chi connectivity index (χ1) is 5.24. The van der Waals surface area contributed by atoms with E-state index in [4.69, 9.17) is 11.5 Å². The lowest BCUT2D eigenvalue weighted by molar-refractivity contribution is 1.31. The Hall–Kier alpha value is -1.58. The van der Waals surface area contributed by atoms with Crippen molar-refractivity contribution in [3.8, 4) is 0 Å². The molecule has 0 aliphatic carbocycles. The number of rotatable bonds is 1. The molecule has 0 saturated carbocycles. The Kier molecular flexibility index (Phi) is 2.06. The standard InChI is InChI=1S/C7H10N4/c1-10-7(9)5-2-3-11-6(8)4-5/h2-4H,1H3,(H2,8,11)(H2,9,10). The number of nitrogens with zero attached hydrogens (tertiary/aromatic N) is 2. The fraction of sp³-hybridized carbons (Fsp3) is 0.143. The highest BCUT2D eigenvalue weighted by Gasteiger charge is 1.96. The first-order valence-electron chi connectivity index (χ1n) is 3.18. The first-order valence-corrected chi connectivity index (χ1v) is 3.18. The molecule has 1 rings (SSSR count). The third-order valence-electron chi connectivity index (χ3n) is 1.32. The maximum Gasteiger partial charge on any atom is 0.125 e. The summed E-state index contributed by atoms with van der Waals surface area (Å²) in [7, 11) is 1.63. The van der Waals surface area contributed by atoms with Gasteiger partial charge in [0, 0.05) is 18.8 Å². The average molecular weight is 150 g/mol. The van der Waals surface area contributed by atoms with Crippen LogP contribution in [0.15, 0.2) is 23.3 Å². The molecule has 4 N–H and O–H groups in total. The van der Waals surface area contributed by atoms with E-state index < -0.39 is 0 Å². The summed E-state index contributed by atoms with van der Waals surface area (Å²) >= 11 is 0. The summed E-state index contributed by atoms with van der Waals surface area (Å²) in [5, 5.41) is 0. The van der Waals surface area contributed by atoms with Crippen LogP contribution in [0.4, 0.5) is 5.82 Å². The number of nitrogens with two attached hydrogens (primary N) is 2. The van der Waals surface area contributed by atoms with Crippen molar-refractivity contribution in [2.45, 2.75) is 0 Å². The molecule has 0 saturated heterocycles. The molecule has 0 spiro atoms. The average Bonchev–Trinajstić information content (AvgIpc) is 2.03. The van der Waals surface area contributed by atoms with Gasteiger partial charge in [0.05, 0.1) is 0 Å². The predicted octanol–water partition coefficient (Wildman–Crippen LogP) is -0.00110. The van der Waals surface area contributed by atoms with Gasteiger partial charge in [-0.15, -0.1) is 0 Å². The van der Waals surface area contributed by atoms with Crippen LogP contribution in [0.1, 0.15) is 5.56 Å². The lowest BCUT2D eigenvalue weighted by atomic mass is 10.2. The van der Waals surface area contributed by atoms with Crippen molar-refractivity contribution in [3.63, 3.8) is 0 Å². The van der Waals surface area contributed by atoms with Gasteiger partial charge >= 0.3 is 0 Å². The third-order valence-corrected chi connectivity index (χ3v) is 1.32. The largest absolute Gasteiger partial charge is 0.384 e. The third kappa shape index (κ3) is 1.67. The molecule has 0 unspecified atom stereocenters. The van der Waals surface area contributed by atoms with E-state index >= 15 is 0 Å². The molecule has 0 aliphatic heterocycles. The van der Waals surface area contributed by atoms with E-state index in [0.717, 1.165) is 5.56 Å². The van der Waals surface area contributed by atoms with Crippen molar-refractivity contribution in [3.05, 3.63) is 23.9 Å². The van der Waals surface area contributed by atoms with Gasteiger partial charge in [-0.25, -0.2) is 4.98 Å². The summed E-state index contributed by atoms with van der Waals surface area (Å²) < 4.78 is 0. The lowest BCUT2D eigenvalue weighted by Gasteiger charge is -1.98. The molecule has 0 fully saturated rings. The summed E-state index contributed by atoms with van der Waals surface area (Å²) in [5.41, 5.74) is 11.8. The van der Waals surface area contributed by atoms with E-state index in [1.54, 1.807) is 25.4 Å². The molecule has 11 heavy (non-hydrogen) atoms. The molecule has 0 aliphatic rings. The quantitative estimate of drug-likeness (QED) is 0.437. The highest BCUT2D eigenvalue weighted by atomic mass is 14.8. The first kappa shape index (κ1) is 7.53. The Morgan fingerprint density at radius 1 is 1.64 bits per heavy atom. The second kappa shape index (κ2) is 3.01. The van der Waals surface area contributed by atoms with Crippen molar-refractivity contribution in [2.75, 3.05) is 12.8 Å². The van der Waals surface area contributed by atoms with Gasteiger partial charge in [0.1, 0.15) is 11.7 Å². The van der Waals surface area contributed by atoms with Gasteiger partial charge in [-0.2, -0.15) is 0 Å². The fourth-order valence-corrected chi connectivity index (χ4v) is 0.737. The Morgan fingerprint density at radius 3 is 2.91 bits per heavy atom. The molecule has 0 bridgehead atoms. The van der Waals surface area contributed by atoms with Gasteiger partial charge in [0.2, 0.25) is 0 Å². The number of nitrogen functional groups attached to an aromatic ring is 1. The molecule has 0 atom stereocenters. The molecule has 4 heteroatoms. The topological polar surface area (TPSA) is 77.3 Å². The number of hydrogen-bond acceptors (Lipinski definition) is 3. The van der Waals surface area contributed by atoms with Crippen molar-refractivity contribution in [2.24, 2.45) is 10.7 Å². The number of aliphatic imine (C=N–C) groups is 1. The van der Waals surface area contributed by atoms with Crippen LogP contribution in [0.3, 0.4) is 0 Å². The number of aromatic nitrogens is 1. The second-order valence-electron chi connectivity index (χ2n) is 2.08. The van der Waals surface area contributed by atoms with Gasteiger partial charge in [0.15, 0.2) is 0 Å². The van der Waals surface area contributed by atoms with Gasteiger partial charge in [-0.3, -0.25) is 4.99 Å². The number of hydrogen-bond donors (Lipinski definition) is 2. The van der Waals surface area contributed by atoms with Crippen LogP contribution in [0.2, 0.25) is 0 Å². The van der Waals surface area contributed by atoms with E-state index in [0.29, 0.717) is 11.7 Å². The Balaban J connectivity index is 3.06. The summed E-state index contributed by atoms with van der Waals surface area (Å²) in [5.74, 6) is 0.924. The predicted molar refractivity (Wildman–Crippen MR) is 45.3 cm³/mol. The van der Waals surface area contributed by atoms with Crippen LogP contribution in [0.5, 0.6) is 0 Å². The lowest BCUT2D eigenvalue weighted by Crippen LogP contribution is -2.13. The van der Waals surface area contributed by atoms with Crippen LogP contribution in [-0.4, -0.2) is 17.9 Å². The zero-order valence-corrected chi connectivity index (χ0v) is 6.28. The van der Waals surface area contributed by atoms with Crippen molar-refractivity contribution >= 4 is 11.7 Å². The number of anilines is 1. The van der Waals surface area contributed by atoms with Crippen LogP contribution in [-0.2, 0) is 0 Å². The number of amidine groups is 1. The Bertz CT molecular complexity index is 280. The van der Waals surface area contributed by atoms with Crippen molar-refractivity contribution < 1.29 is 0 Å². The Labute approximate surface area is 65.0 Å². The van der Waals surface area contributed by atoms with E-state index in [1.165, 1.54) is 0 Å². The minimum Gasteiger partial charge on any atom is -0.384 e. The van der Waals surface area contributed by atoms with Gasteiger partial charge in [-0.05, 0) is 12.1 Å². The highest BCUT2D eigenvalue weighted by Crippen LogP contribution is 2.01. The molecular weight excluding hydrogens is 140 g/mol. The fourth-order valence-electron chi connectivity index (χ4n) is 0.737. The van der Waals surface area contributed by atoms with E-state index in [9.17, 15) is 0 Å². The molecule has 1 heterocycles. The number of pyridine rings is 1. The monoisotopic (exact) mass is 150 g/mol. The van der Waals surface area contributed by atoms with Crippen LogP contribution >= 0.6 is 0 Å². The maximum atomic E-state index is 5.53. The molecule has 1 aromatic heterocycles. The van der Waals surface area contributed by atoms with E-state index in [2.05, 4.69) is 9.98 Å². The van der Waals surface area contributed by atoms with Crippen molar-refractivity contribution in [1.82, 2.24) is 4.98 Å². The SMILES string of the molecule is CN=C(N)c1ccnc(N)c1. The van der Waals surface area contributed by atoms with E-state index in [-0.39, 0.29) is 0 Å². The summed E-state index contributed by atoms with van der Waals surface area (Å²) in [6.45, 7) is 0. The maximum absolute atomic E-state index is 5.53. The zero-order valence-electron chi connectivity index (χ0n) is 6.28. The molecule has 4 nitrogen and oxygen atoms in total. The Morgan fingerprint density at radius 2 is 2.36 bits per heavy atom. The zero-order chi connectivity index (χ0) is 8.27. The van der Waals surface area contributed by atoms with Crippen LogP contribution in [0.25, 0.3) is 0 Å². The minimum atomic E-state index is 0.453. The molecule has 58 valence electrons. The highest BCUT2D eigenvalue weighted by molar-refractivity contribution is 5.97.